The Balaban J connectivity index is 1.27. The van der Waals surface area contributed by atoms with E-state index < -0.39 is 0 Å². The molecule has 1 saturated carbocycles. The van der Waals surface area contributed by atoms with E-state index in [0.29, 0.717) is 5.11 Å². The average molecular weight is 474 g/mol. The molecule has 2 fully saturated rings. The Hall–Kier alpha value is -2.70. The SMILES string of the molecule is Cc1cc(N2CCN(C)CC2)nc2ccc(NC(=S)NCC3(c4ccccc4)CCCC3)cc12. The summed E-state index contributed by atoms with van der Waals surface area (Å²) in [5.41, 5.74) is 4.88. The highest BCUT2D eigenvalue weighted by molar-refractivity contribution is 7.80. The van der Waals surface area contributed by atoms with Crippen LogP contribution in [0.15, 0.2) is 54.6 Å². The molecule has 0 atom stereocenters. The van der Waals surface area contributed by atoms with E-state index in [1.54, 1.807) is 0 Å². The molecule has 3 aromatic rings. The van der Waals surface area contributed by atoms with Crippen molar-refractivity contribution < 1.29 is 0 Å². The summed E-state index contributed by atoms with van der Waals surface area (Å²) >= 11 is 5.69. The third-order valence-corrected chi connectivity index (χ3v) is 7.87. The minimum atomic E-state index is 0.177. The first-order valence-electron chi connectivity index (χ1n) is 12.5. The van der Waals surface area contributed by atoms with Crippen LogP contribution in [0.5, 0.6) is 0 Å². The summed E-state index contributed by atoms with van der Waals surface area (Å²) < 4.78 is 0. The van der Waals surface area contributed by atoms with Gasteiger partial charge in [0, 0.05) is 49.2 Å². The van der Waals surface area contributed by atoms with Crippen LogP contribution < -0.4 is 15.5 Å². The number of piperazine rings is 1. The van der Waals surface area contributed by atoms with Crippen molar-refractivity contribution in [2.75, 3.05) is 50.0 Å². The molecule has 0 unspecified atom stereocenters. The third kappa shape index (κ3) is 4.89. The first-order chi connectivity index (χ1) is 16.5. The van der Waals surface area contributed by atoms with Gasteiger partial charge in [-0.1, -0.05) is 43.2 Å². The molecule has 1 saturated heterocycles. The summed E-state index contributed by atoms with van der Waals surface area (Å²) in [6.45, 7) is 7.26. The highest BCUT2D eigenvalue weighted by Gasteiger charge is 2.35. The number of aromatic nitrogens is 1. The van der Waals surface area contributed by atoms with Crippen LogP contribution in [-0.4, -0.2) is 54.8 Å². The number of rotatable bonds is 5. The first-order valence-corrected chi connectivity index (χ1v) is 12.9. The third-order valence-electron chi connectivity index (χ3n) is 7.62. The molecule has 5 nitrogen and oxygen atoms in total. The van der Waals surface area contributed by atoms with Crippen molar-refractivity contribution >= 4 is 39.7 Å². The van der Waals surface area contributed by atoms with E-state index in [0.717, 1.165) is 49.7 Å². The largest absolute Gasteiger partial charge is 0.362 e. The molecule has 2 heterocycles. The highest BCUT2D eigenvalue weighted by atomic mass is 32.1. The minimum Gasteiger partial charge on any atom is -0.362 e. The van der Waals surface area contributed by atoms with Crippen LogP contribution in [-0.2, 0) is 5.41 Å². The van der Waals surface area contributed by atoms with Crippen LogP contribution >= 0.6 is 12.2 Å². The minimum absolute atomic E-state index is 0.177. The van der Waals surface area contributed by atoms with Gasteiger partial charge in [-0.15, -0.1) is 0 Å². The molecule has 6 heteroatoms. The molecular formula is C28H35N5S. The molecule has 178 valence electrons. The molecule has 0 spiro atoms. The molecule has 0 radical (unpaired) electrons. The molecule has 5 rings (SSSR count). The van der Waals surface area contributed by atoms with Gasteiger partial charge in [0.2, 0.25) is 0 Å². The lowest BCUT2D eigenvalue weighted by atomic mass is 9.79. The average Bonchev–Trinajstić information content (AvgIpc) is 3.34. The van der Waals surface area contributed by atoms with Gasteiger partial charge in [0.25, 0.3) is 0 Å². The quantitative estimate of drug-likeness (QED) is 0.503. The second kappa shape index (κ2) is 9.88. The standard InChI is InChI=1S/C28H35N5S/c1-21-18-26(33-16-14-32(2)15-17-33)31-25-11-10-23(19-24(21)25)30-27(34)29-20-28(12-6-7-13-28)22-8-4-3-5-9-22/h3-5,8-11,18-19H,6-7,12-17,20H2,1-2H3,(H2,29,30,34). The Labute approximate surface area is 208 Å². The topological polar surface area (TPSA) is 43.4 Å². The second-order valence-corrected chi connectivity index (χ2v) is 10.4. The van der Waals surface area contributed by atoms with E-state index in [4.69, 9.17) is 17.2 Å². The molecular weight excluding hydrogens is 438 g/mol. The monoisotopic (exact) mass is 473 g/mol. The van der Waals surface area contributed by atoms with E-state index in [1.807, 2.05) is 0 Å². The van der Waals surface area contributed by atoms with Gasteiger partial charge in [0.15, 0.2) is 5.11 Å². The van der Waals surface area contributed by atoms with Crippen molar-refractivity contribution in [3.8, 4) is 0 Å². The zero-order chi connectivity index (χ0) is 23.5. The Bertz CT molecular complexity index is 1150. The molecule has 2 aromatic carbocycles. The van der Waals surface area contributed by atoms with Crippen molar-refractivity contribution in [3.63, 3.8) is 0 Å². The summed E-state index contributed by atoms with van der Waals surface area (Å²) in [4.78, 5) is 9.73. The number of hydrogen-bond donors (Lipinski definition) is 2. The summed E-state index contributed by atoms with van der Waals surface area (Å²) in [6.07, 6.45) is 4.99. The first kappa shape index (κ1) is 23.1. The number of nitrogens with zero attached hydrogens (tertiary/aromatic N) is 3. The number of aryl methyl sites for hydroxylation is 1. The fourth-order valence-electron chi connectivity index (χ4n) is 5.49. The van der Waals surface area contributed by atoms with E-state index in [2.05, 4.69) is 89.0 Å². The second-order valence-electron chi connectivity index (χ2n) is 9.98. The van der Waals surface area contributed by atoms with Crippen LogP contribution in [0.25, 0.3) is 10.9 Å². The van der Waals surface area contributed by atoms with E-state index in [9.17, 15) is 0 Å². The van der Waals surface area contributed by atoms with Crippen LogP contribution in [0, 0.1) is 6.92 Å². The van der Waals surface area contributed by atoms with Gasteiger partial charge in [0.05, 0.1) is 5.52 Å². The Morgan fingerprint density at radius 3 is 2.47 bits per heavy atom. The number of anilines is 2. The van der Waals surface area contributed by atoms with Gasteiger partial charge >= 0.3 is 0 Å². The van der Waals surface area contributed by atoms with Crippen LogP contribution in [0.4, 0.5) is 11.5 Å². The zero-order valence-corrected chi connectivity index (χ0v) is 21.1. The van der Waals surface area contributed by atoms with Crippen molar-refractivity contribution in [2.45, 2.75) is 38.0 Å². The fourth-order valence-corrected chi connectivity index (χ4v) is 5.68. The molecule has 1 aromatic heterocycles. The number of fused-ring (bicyclic) bond motifs is 1. The van der Waals surface area contributed by atoms with Gasteiger partial charge in [-0.2, -0.15) is 0 Å². The normalized spacial score (nSPS) is 18.2. The highest BCUT2D eigenvalue weighted by Crippen LogP contribution is 2.40. The van der Waals surface area contributed by atoms with Gasteiger partial charge in [-0.25, -0.2) is 4.98 Å². The van der Waals surface area contributed by atoms with E-state index in [-0.39, 0.29) is 5.41 Å². The van der Waals surface area contributed by atoms with Crippen molar-refractivity contribution in [1.29, 1.82) is 0 Å². The maximum Gasteiger partial charge on any atom is 0.170 e. The van der Waals surface area contributed by atoms with Crippen molar-refractivity contribution in [1.82, 2.24) is 15.2 Å². The van der Waals surface area contributed by atoms with E-state index >= 15 is 0 Å². The van der Waals surface area contributed by atoms with Crippen LogP contribution in [0.1, 0.15) is 36.8 Å². The molecule has 0 amide bonds. The lowest BCUT2D eigenvalue weighted by Gasteiger charge is -2.33. The number of hydrogen-bond acceptors (Lipinski definition) is 4. The van der Waals surface area contributed by atoms with Crippen molar-refractivity contribution in [3.05, 3.63) is 65.7 Å². The summed E-state index contributed by atoms with van der Waals surface area (Å²) in [7, 11) is 2.18. The summed E-state index contributed by atoms with van der Waals surface area (Å²) in [5, 5.41) is 8.79. The molecule has 0 bridgehead atoms. The molecule has 1 aliphatic carbocycles. The van der Waals surface area contributed by atoms with Crippen LogP contribution in [0.3, 0.4) is 0 Å². The predicted molar refractivity (Wildman–Crippen MR) is 147 cm³/mol. The molecule has 34 heavy (non-hydrogen) atoms. The Morgan fingerprint density at radius 1 is 1.00 bits per heavy atom. The number of thiocarbonyl (C=S) groups is 1. The van der Waals surface area contributed by atoms with Gasteiger partial charge in [-0.3, -0.25) is 0 Å². The fraction of sp³-hybridized carbons (Fsp3) is 0.429. The maximum atomic E-state index is 5.69. The molecule has 1 aliphatic heterocycles. The molecule has 2 N–H and O–H groups in total. The van der Waals surface area contributed by atoms with Crippen molar-refractivity contribution in [2.24, 2.45) is 0 Å². The van der Waals surface area contributed by atoms with Gasteiger partial charge in [-0.05, 0) is 74.4 Å². The maximum absolute atomic E-state index is 5.69. The van der Waals surface area contributed by atoms with Crippen LogP contribution in [0.2, 0.25) is 0 Å². The number of nitrogens with one attached hydrogen (secondary N) is 2. The van der Waals surface area contributed by atoms with E-state index in [1.165, 1.54) is 42.2 Å². The summed E-state index contributed by atoms with van der Waals surface area (Å²) in [6, 6.07) is 19.5. The number of pyridine rings is 1. The lowest BCUT2D eigenvalue weighted by molar-refractivity contribution is 0.312. The lowest BCUT2D eigenvalue weighted by Crippen LogP contribution is -2.44. The Morgan fingerprint density at radius 2 is 1.74 bits per heavy atom. The zero-order valence-electron chi connectivity index (χ0n) is 20.3. The van der Waals surface area contributed by atoms with Gasteiger partial charge in [0.1, 0.15) is 5.82 Å². The smallest absolute Gasteiger partial charge is 0.170 e. The molecule has 2 aliphatic rings. The number of benzene rings is 2. The Kier molecular flexibility index (Phi) is 6.70. The predicted octanol–water partition coefficient (Wildman–Crippen LogP) is 5.09. The summed E-state index contributed by atoms with van der Waals surface area (Å²) in [5.74, 6) is 1.08. The number of likely N-dealkylation sites (N-methyl/N-ethyl adjacent to an activating group) is 1. The van der Waals surface area contributed by atoms with Gasteiger partial charge < -0.3 is 20.4 Å².